The van der Waals surface area contributed by atoms with E-state index in [1.165, 1.54) is 25.7 Å². The number of aliphatic hydroxyl groups excluding tert-OH is 1. The summed E-state index contributed by atoms with van der Waals surface area (Å²) in [7, 11) is 0. The molecule has 82 valence electrons. The number of nitrogens with one attached hydrogen (secondary N) is 1. The van der Waals surface area contributed by atoms with Crippen LogP contribution in [-0.2, 0) is 0 Å². The number of aliphatic hydroxyl groups is 1. The zero-order valence-corrected chi connectivity index (χ0v) is 8.78. The molecule has 14 heavy (non-hydrogen) atoms. The monoisotopic (exact) mass is 198 g/mol. The van der Waals surface area contributed by atoms with Gasteiger partial charge < -0.3 is 16.2 Å². The van der Waals surface area contributed by atoms with E-state index in [9.17, 15) is 5.11 Å². The van der Waals surface area contributed by atoms with Crippen LogP contribution in [0.2, 0.25) is 0 Å². The quantitative estimate of drug-likeness (QED) is 0.623. The van der Waals surface area contributed by atoms with Crippen molar-refractivity contribution in [3.8, 4) is 0 Å². The lowest BCUT2D eigenvalue weighted by Gasteiger charge is -2.25. The summed E-state index contributed by atoms with van der Waals surface area (Å²) in [5.74, 6) is 0.641. The fourth-order valence-electron chi connectivity index (χ4n) is 2.95. The lowest BCUT2D eigenvalue weighted by molar-refractivity contribution is 0.139. The third kappa shape index (κ3) is 2.10. The fraction of sp³-hybridized carbons (Fsp3) is 1.00. The van der Waals surface area contributed by atoms with Crippen LogP contribution in [0.4, 0.5) is 0 Å². The van der Waals surface area contributed by atoms with Crippen LogP contribution in [0.5, 0.6) is 0 Å². The summed E-state index contributed by atoms with van der Waals surface area (Å²) in [4.78, 5) is 0. The van der Waals surface area contributed by atoms with E-state index in [2.05, 4.69) is 5.32 Å². The van der Waals surface area contributed by atoms with E-state index in [1.54, 1.807) is 0 Å². The van der Waals surface area contributed by atoms with E-state index in [1.807, 2.05) is 0 Å². The van der Waals surface area contributed by atoms with E-state index in [0.717, 1.165) is 19.4 Å². The molecule has 4 unspecified atom stereocenters. The first kappa shape index (κ1) is 10.4. The molecule has 0 aromatic carbocycles. The van der Waals surface area contributed by atoms with Gasteiger partial charge in [-0.3, -0.25) is 0 Å². The summed E-state index contributed by atoms with van der Waals surface area (Å²) in [6.45, 7) is 0.792. The molecule has 2 rings (SSSR count). The lowest BCUT2D eigenvalue weighted by atomic mass is 10.0. The molecule has 0 radical (unpaired) electrons. The molecule has 2 aliphatic rings. The van der Waals surface area contributed by atoms with Crippen molar-refractivity contribution < 1.29 is 5.11 Å². The van der Waals surface area contributed by atoms with Crippen molar-refractivity contribution >= 4 is 0 Å². The maximum Gasteiger partial charge on any atom is 0.0693 e. The Labute approximate surface area is 86.1 Å². The van der Waals surface area contributed by atoms with Gasteiger partial charge in [0, 0.05) is 12.1 Å². The molecule has 0 bridgehead atoms. The summed E-state index contributed by atoms with van der Waals surface area (Å²) in [5, 5.41) is 13.3. The highest BCUT2D eigenvalue weighted by Crippen LogP contribution is 2.27. The molecule has 2 aliphatic carbocycles. The van der Waals surface area contributed by atoms with Gasteiger partial charge in [0.25, 0.3) is 0 Å². The predicted molar refractivity (Wildman–Crippen MR) is 57.0 cm³/mol. The highest BCUT2D eigenvalue weighted by atomic mass is 16.3. The van der Waals surface area contributed by atoms with E-state index in [0.29, 0.717) is 18.0 Å². The van der Waals surface area contributed by atoms with Crippen molar-refractivity contribution in [2.45, 2.75) is 56.7 Å². The molecule has 0 aromatic rings. The lowest BCUT2D eigenvalue weighted by Crippen LogP contribution is -2.45. The second-order valence-electron chi connectivity index (χ2n) is 4.80. The molecule has 2 saturated carbocycles. The number of hydrogen-bond acceptors (Lipinski definition) is 3. The van der Waals surface area contributed by atoms with Gasteiger partial charge in [-0.05, 0) is 44.6 Å². The number of nitrogens with two attached hydrogens (primary N) is 1. The van der Waals surface area contributed by atoms with E-state index >= 15 is 0 Å². The molecule has 0 heterocycles. The normalized spacial score (nSPS) is 43.3. The molecule has 0 spiro atoms. The van der Waals surface area contributed by atoms with Crippen LogP contribution >= 0.6 is 0 Å². The first-order valence-corrected chi connectivity index (χ1v) is 5.95. The van der Waals surface area contributed by atoms with Crippen molar-refractivity contribution in [3.63, 3.8) is 0 Å². The van der Waals surface area contributed by atoms with Crippen LogP contribution in [0.25, 0.3) is 0 Å². The van der Waals surface area contributed by atoms with Crippen molar-refractivity contribution in [1.82, 2.24) is 5.32 Å². The van der Waals surface area contributed by atoms with Crippen LogP contribution in [0.3, 0.4) is 0 Å². The van der Waals surface area contributed by atoms with Gasteiger partial charge in [0.1, 0.15) is 0 Å². The van der Waals surface area contributed by atoms with Gasteiger partial charge >= 0.3 is 0 Å². The first-order chi connectivity index (χ1) is 6.81. The number of hydrogen-bond donors (Lipinski definition) is 3. The molecule has 4 N–H and O–H groups in total. The second kappa shape index (κ2) is 4.60. The van der Waals surface area contributed by atoms with Crippen LogP contribution in [-0.4, -0.2) is 29.8 Å². The Morgan fingerprint density at radius 2 is 1.79 bits per heavy atom. The smallest absolute Gasteiger partial charge is 0.0693 e. The zero-order valence-electron chi connectivity index (χ0n) is 8.78. The van der Waals surface area contributed by atoms with Gasteiger partial charge in [-0.25, -0.2) is 0 Å². The molecule has 0 amide bonds. The van der Waals surface area contributed by atoms with Crippen molar-refractivity contribution in [1.29, 1.82) is 0 Å². The van der Waals surface area contributed by atoms with Gasteiger partial charge in [-0.2, -0.15) is 0 Å². The Morgan fingerprint density at radius 3 is 2.43 bits per heavy atom. The van der Waals surface area contributed by atoms with Crippen LogP contribution < -0.4 is 11.1 Å². The summed E-state index contributed by atoms with van der Waals surface area (Å²) in [5.41, 5.74) is 5.73. The average Bonchev–Trinajstić information content (AvgIpc) is 2.77. The Hall–Kier alpha value is -0.120. The Morgan fingerprint density at radius 1 is 1.07 bits per heavy atom. The molecule has 4 atom stereocenters. The van der Waals surface area contributed by atoms with E-state index < -0.39 is 0 Å². The van der Waals surface area contributed by atoms with Crippen LogP contribution in [0, 0.1) is 5.92 Å². The molecule has 0 aromatic heterocycles. The minimum Gasteiger partial charge on any atom is -0.392 e. The Kier molecular flexibility index (Phi) is 3.42. The molecular weight excluding hydrogens is 176 g/mol. The Balaban J connectivity index is 1.83. The molecule has 2 fully saturated rings. The summed E-state index contributed by atoms with van der Waals surface area (Å²) in [6, 6.07) is 0.907. The molecule has 0 saturated heterocycles. The molecule has 3 heteroatoms. The second-order valence-corrected chi connectivity index (χ2v) is 4.80. The highest BCUT2D eigenvalue weighted by molar-refractivity contribution is 4.90. The topological polar surface area (TPSA) is 58.3 Å². The average molecular weight is 198 g/mol. The predicted octanol–water partition coefficient (Wildman–Crippen LogP) is 0.617. The summed E-state index contributed by atoms with van der Waals surface area (Å²) >= 11 is 0. The summed E-state index contributed by atoms with van der Waals surface area (Å²) < 4.78 is 0. The van der Waals surface area contributed by atoms with E-state index in [4.69, 9.17) is 5.73 Å². The third-order valence-electron chi connectivity index (χ3n) is 3.87. The fourth-order valence-corrected chi connectivity index (χ4v) is 2.95. The zero-order chi connectivity index (χ0) is 9.97. The van der Waals surface area contributed by atoms with Crippen LogP contribution in [0.15, 0.2) is 0 Å². The maximum absolute atomic E-state index is 9.71. The van der Waals surface area contributed by atoms with Gasteiger partial charge in [-0.1, -0.05) is 6.42 Å². The van der Waals surface area contributed by atoms with Gasteiger partial charge in [-0.15, -0.1) is 0 Å². The number of rotatable bonds is 3. The van der Waals surface area contributed by atoms with Crippen molar-refractivity contribution in [3.05, 3.63) is 0 Å². The SMILES string of the molecule is NCC1CCCC1NC1CCCC1O. The molecule has 0 aliphatic heterocycles. The minimum absolute atomic E-state index is 0.117. The van der Waals surface area contributed by atoms with Gasteiger partial charge in [0.05, 0.1) is 6.10 Å². The van der Waals surface area contributed by atoms with Gasteiger partial charge in [0.2, 0.25) is 0 Å². The largest absolute Gasteiger partial charge is 0.392 e. The first-order valence-electron chi connectivity index (χ1n) is 5.95. The van der Waals surface area contributed by atoms with Gasteiger partial charge in [0.15, 0.2) is 0 Å². The van der Waals surface area contributed by atoms with E-state index in [-0.39, 0.29) is 6.10 Å². The summed E-state index contributed by atoms with van der Waals surface area (Å²) in [6.07, 6.45) is 6.95. The van der Waals surface area contributed by atoms with Crippen molar-refractivity contribution in [2.24, 2.45) is 11.7 Å². The Bertz CT molecular complexity index is 186. The standard InChI is InChI=1S/C11H22N2O/c12-7-8-3-1-4-9(8)13-10-5-2-6-11(10)14/h8-11,13-14H,1-7,12H2. The van der Waals surface area contributed by atoms with Crippen molar-refractivity contribution in [2.75, 3.05) is 6.54 Å². The molecule has 3 nitrogen and oxygen atoms in total. The molecular formula is C11H22N2O. The highest BCUT2D eigenvalue weighted by Gasteiger charge is 2.32. The minimum atomic E-state index is -0.117. The third-order valence-corrected chi connectivity index (χ3v) is 3.87. The van der Waals surface area contributed by atoms with Crippen LogP contribution in [0.1, 0.15) is 38.5 Å². The maximum atomic E-state index is 9.71.